The topological polar surface area (TPSA) is 83.7 Å². The van der Waals surface area contributed by atoms with Gasteiger partial charge in [-0.3, -0.25) is 4.79 Å². The predicted octanol–water partition coefficient (Wildman–Crippen LogP) is 6.15. The average Bonchev–Trinajstić information content (AvgIpc) is 3.56. The highest BCUT2D eigenvalue weighted by Gasteiger charge is 2.21. The summed E-state index contributed by atoms with van der Waals surface area (Å²) in [6.45, 7) is 4.62. The number of benzene rings is 2. The first-order valence-electron chi connectivity index (χ1n) is 11.1. The van der Waals surface area contributed by atoms with Gasteiger partial charge in [-0.15, -0.1) is 0 Å². The summed E-state index contributed by atoms with van der Waals surface area (Å²) < 4.78 is 22.6. The molecule has 2 aromatic heterocycles. The summed E-state index contributed by atoms with van der Waals surface area (Å²) in [6, 6.07) is 15.5. The molecule has 1 atom stereocenters. The highest BCUT2D eigenvalue weighted by Crippen LogP contribution is 2.37. The van der Waals surface area contributed by atoms with Gasteiger partial charge in [0.1, 0.15) is 24.2 Å². The molecular weight excluding hydrogens is 452 g/mol. The number of esters is 1. The van der Waals surface area contributed by atoms with Gasteiger partial charge in [0.25, 0.3) is 0 Å². The molecule has 2 heterocycles. The third-order valence-corrected chi connectivity index (χ3v) is 5.99. The average molecular weight is 479 g/mol. The monoisotopic (exact) mass is 478 g/mol. The number of thiophene rings is 1. The van der Waals surface area contributed by atoms with Crippen LogP contribution in [0.4, 0.5) is 0 Å². The van der Waals surface area contributed by atoms with Crippen molar-refractivity contribution in [2.45, 2.75) is 39.4 Å². The van der Waals surface area contributed by atoms with Gasteiger partial charge in [0.2, 0.25) is 12.2 Å². The first kappa shape index (κ1) is 23.5. The van der Waals surface area contributed by atoms with E-state index in [0.29, 0.717) is 42.5 Å². The van der Waals surface area contributed by atoms with E-state index < -0.39 is 0 Å². The smallest absolute Gasteiger partial charge is 0.305 e. The van der Waals surface area contributed by atoms with E-state index in [2.05, 4.69) is 15.5 Å². The third-order valence-electron chi connectivity index (χ3n) is 5.26. The Bertz CT molecular complexity index is 1190. The van der Waals surface area contributed by atoms with E-state index in [9.17, 15) is 4.79 Å². The molecule has 0 bridgehead atoms. The van der Waals surface area contributed by atoms with Crippen LogP contribution < -0.4 is 9.47 Å². The van der Waals surface area contributed by atoms with Crippen LogP contribution in [0.3, 0.4) is 0 Å². The molecule has 0 fully saturated rings. The summed E-state index contributed by atoms with van der Waals surface area (Å²) in [5, 5.41) is 8.05. The molecule has 0 radical (unpaired) electrons. The summed E-state index contributed by atoms with van der Waals surface area (Å²) >= 11 is 1.63. The van der Waals surface area contributed by atoms with Crippen LogP contribution in [0.15, 0.2) is 70.2 Å². The molecule has 0 aliphatic carbocycles. The number of aryl methyl sites for hydroxylation is 1. The molecule has 2 aromatic carbocycles. The Kier molecular flexibility index (Phi) is 7.93. The van der Waals surface area contributed by atoms with Crippen LogP contribution in [0.1, 0.15) is 42.6 Å². The molecule has 8 heteroatoms. The zero-order valence-electron chi connectivity index (χ0n) is 19.1. The molecule has 0 amide bonds. The van der Waals surface area contributed by atoms with Gasteiger partial charge in [-0.05, 0) is 65.9 Å². The molecule has 0 spiro atoms. The fourth-order valence-corrected chi connectivity index (χ4v) is 4.22. The number of aromatic nitrogens is 2. The minimum absolute atomic E-state index is 0.235. The van der Waals surface area contributed by atoms with Crippen molar-refractivity contribution in [2.75, 3.05) is 6.61 Å². The van der Waals surface area contributed by atoms with Crippen LogP contribution in [-0.2, 0) is 16.1 Å². The van der Waals surface area contributed by atoms with E-state index in [1.165, 1.54) is 6.39 Å². The number of carbonyl (C=O) groups is 1. The summed E-state index contributed by atoms with van der Waals surface area (Å²) in [5.74, 6) is 1.35. The highest BCUT2D eigenvalue weighted by atomic mass is 32.1. The standard InChI is InChI=1S/C26H26N2O5S/c1-3-30-25(29)11-10-23(21-7-5-4-6-18(21)2)33-24-14-20(31-15-19-12-13-34-16-19)8-9-22(24)26-27-17-32-28-26/h4-9,12-14,16-17,23H,3,10-11,15H2,1-2H3. The molecule has 7 nitrogen and oxygen atoms in total. The normalized spacial score (nSPS) is 11.7. The van der Waals surface area contributed by atoms with Gasteiger partial charge < -0.3 is 18.7 Å². The van der Waals surface area contributed by atoms with Gasteiger partial charge in [0, 0.05) is 12.5 Å². The van der Waals surface area contributed by atoms with Gasteiger partial charge in [0.05, 0.1) is 12.2 Å². The van der Waals surface area contributed by atoms with Gasteiger partial charge >= 0.3 is 5.97 Å². The second kappa shape index (κ2) is 11.5. The minimum Gasteiger partial charge on any atom is -0.489 e. The lowest BCUT2D eigenvalue weighted by Gasteiger charge is -2.23. The number of carbonyl (C=O) groups excluding carboxylic acids is 1. The molecule has 0 saturated carbocycles. The van der Waals surface area contributed by atoms with Crippen LogP contribution in [0, 0.1) is 6.92 Å². The fraction of sp³-hybridized carbons (Fsp3) is 0.269. The number of rotatable bonds is 11. The zero-order chi connectivity index (χ0) is 23.8. The molecule has 0 aliphatic heterocycles. The van der Waals surface area contributed by atoms with Crippen LogP contribution >= 0.6 is 11.3 Å². The summed E-state index contributed by atoms with van der Waals surface area (Å²) in [4.78, 5) is 16.3. The van der Waals surface area contributed by atoms with Gasteiger partial charge in [-0.25, -0.2) is 0 Å². The number of nitrogens with zero attached hydrogens (tertiary/aromatic N) is 2. The Morgan fingerprint density at radius 2 is 2.06 bits per heavy atom. The largest absolute Gasteiger partial charge is 0.489 e. The quantitative estimate of drug-likeness (QED) is 0.239. The van der Waals surface area contributed by atoms with Crippen LogP contribution in [-0.4, -0.2) is 22.7 Å². The Morgan fingerprint density at radius 1 is 1.18 bits per heavy atom. The predicted molar refractivity (Wildman–Crippen MR) is 129 cm³/mol. The van der Waals surface area contributed by atoms with Gasteiger partial charge in [-0.2, -0.15) is 16.3 Å². The maximum Gasteiger partial charge on any atom is 0.305 e. The molecule has 0 aliphatic rings. The van der Waals surface area contributed by atoms with Gasteiger partial charge in [-0.1, -0.05) is 29.4 Å². The summed E-state index contributed by atoms with van der Waals surface area (Å²) in [5.41, 5.74) is 3.84. The Labute approximate surface area is 202 Å². The molecule has 0 N–H and O–H groups in total. The molecular formula is C26H26N2O5S. The van der Waals surface area contributed by atoms with Crippen molar-refractivity contribution < 1.29 is 23.5 Å². The van der Waals surface area contributed by atoms with E-state index >= 15 is 0 Å². The van der Waals surface area contributed by atoms with Crippen molar-refractivity contribution in [3.8, 4) is 22.9 Å². The van der Waals surface area contributed by atoms with E-state index in [1.54, 1.807) is 18.3 Å². The second-order valence-corrected chi connectivity index (χ2v) is 8.42. The summed E-state index contributed by atoms with van der Waals surface area (Å²) in [7, 11) is 0. The van der Waals surface area contributed by atoms with Crippen molar-refractivity contribution in [1.29, 1.82) is 0 Å². The van der Waals surface area contributed by atoms with Crippen molar-refractivity contribution >= 4 is 17.3 Å². The maximum absolute atomic E-state index is 12.1. The molecule has 0 saturated heterocycles. The number of hydrogen-bond acceptors (Lipinski definition) is 8. The minimum atomic E-state index is -0.386. The van der Waals surface area contributed by atoms with E-state index in [-0.39, 0.29) is 18.5 Å². The second-order valence-electron chi connectivity index (χ2n) is 7.64. The molecule has 34 heavy (non-hydrogen) atoms. The highest BCUT2D eigenvalue weighted by molar-refractivity contribution is 7.07. The first-order valence-corrected chi connectivity index (χ1v) is 12.0. The lowest BCUT2D eigenvalue weighted by molar-refractivity contribution is -0.143. The van der Waals surface area contributed by atoms with Crippen molar-refractivity contribution in [1.82, 2.24) is 10.1 Å². The van der Waals surface area contributed by atoms with E-state index in [1.807, 2.05) is 60.8 Å². The van der Waals surface area contributed by atoms with Crippen molar-refractivity contribution in [3.63, 3.8) is 0 Å². The Balaban J connectivity index is 1.64. The lowest BCUT2D eigenvalue weighted by Crippen LogP contribution is -2.13. The molecule has 1 unspecified atom stereocenters. The fourth-order valence-electron chi connectivity index (χ4n) is 3.57. The maximum atomic E-state index is 12.1. The van der Waals surface area contributed by atoms with Crippen LogP contribution in [0.5, 0.6) is 11.5 Å². The lowest BCUT2D eigenvalue weighted by atomic mass is 9.99. The molecule has 4 aromatic rings. The van der Waals surface area contributed by atoms with E-state index in [4.69, 9.17) is 18.7 Å². The molecule has 4 rings (SSSR count). The van der Waals surface area contributed by atoms with E-state index in [0.717, 1.165) is 16.7 Å². The number of ether oxygens (including phenoxy) is 3. The first-order chi connectivity index (χ1) is 16.6. The SMILES string of the molecule is CCOC(=O)CCC(Oc1cc(OCc2ccsc2)ccc1-c1ncon1)c1ccccc1C. The van der Waals surface area contributed by atoms with Crippen LogP contribution in [0.2, 0.25) is 0 Å². The third kappa shape index (κ3) is 6.02. The zero-order valence-corrected chi connectivity index (χ0v) is 19.9. The number of hydrogen-bond donors (Lipinski definition) is 0. The van der Waals surface area contributed by atoms with Crippen LogP contribution in [0.25, 0.3) is 11.4 Å². The molecule has 176 valence electrons. The Hall–Kier alpha value is -3.65. The van der Waals surface area contributed by atoms with Crippen molar-refractivity contribution in [2.24, 2.45) is 0 Å². The summed E-state index contributed by atoms with van der Waals surface area (Å²) in [6.07, 6.45) is 1.58. The van der Waals surface area contributed by atoms with Gasteiger partial charge in [0.15, 0.2) is 0 Å². The van der Waals surface area contributed by atoms with Crippen molar-refractivity contribution in [3.05, 3.63) is 82.4 Å². The Morgan fingerprint density at radius 3 is 2.79 bits per heavy atom.